The van der Waals surface area contributed by atoms with Crippen molar-refractivity contribution in [3.63, 3.8) is 0 Å². The highest BCUT2D eigenvalue weighted by Gasteiger charge is 2.18. The van der Waals surface area contributed by atoms with Gasteiger partial charge in [-0.2, -0.15) is 0 Å². The Kier molecular flexibility index (Phi) is 5.45. The van der Waals surface area contributed by atoms with Gasteiger partial charge in [-0.05, 0) is 23.8 Å². The molecule has 1 aromatic heterocycles. The summed E-state index contributed by atoms with van der Waals surface area (Å²) < 4.78 is 10.4. The Balaban J connectivity index is 1.79. The first-order chi connectivity index (χ1) is 12.1. The molecule has 1 aromatic carbocycles. The first-order valence-electron chi connectivity index (χ1n) is 7.90. The van der Waals surface area contributed by atoms with Gasteiger partial charge in [0.2, 0.25) is 5.88 Å². The highest BCUT2D eigenvalue weighted by atomic mass is 32.2. The molecule has 0 aliphatic carbocycles. The van der Waals surface area contributed by atoms with Crippen LogP contribution in [0.3, 0.4) is 0 Å². The largest absolute Gasteiger partial charge is 0.496 e. The summed E-state index contributed by atoms with van der Waals surface area (Å²) in [6.07, 6.45) is 0. The highest BCUT2D eigenvalue weighted by molar-refractivity contribution is 7.99. The first kappa shape index (κ1) is 17.6. The van der Waals surface area contributed by atoms with E-state index in [1.807, 2.05) is 12.1 Å². The molecule has 6 nitrogen and oxygen atoms in total. The van der Waals surface area contributed by atoms with Gasteiger partial charge in [0.15, 0.2) is 0 Å². The molecule has 25 heavy (non-hydrogen) atoms. The molecule has 0 radical (unpaired) electrons. The van der Waals surface area contributed by atoms with Gasteiger partial charge in [0.1, 0.15) is 11.3 Å². The van der Waals surface area contributed by atoms with Gasteiger partial charge < -0.3 is 14.6 Å². The molecule has 0 saturated heterocycles. The second-order valence-electron chi connectivity index (χ2n) is 5.70. The van der Waals surface area contributed by atoms with E-state index < -0.39 is 5.97 Å². The third-order valence-electron chi connectivity index (χ3n) is 4.06. The fraction of sp³-hybridized carbons (Fsp3) is 0.333. The molecule has 0 unspecified atom stereocenters. The van der Waals surface area contributed by atoms with Gasteiger partial charge in [-0.25, -0.2) is 9.78 Å². The van der Waals surface area contributed by atoms with Crippen molar-refractivity contribution in [2.75, 3.05) is 26.5 Å². The summed E-state index contributed by atoms with van der Waals surface area (Å²) in [5.41, 5.74) is 2.20. The molecule has 0 amide bonds. The van der Waals surface area contributed by atoms with Crippen molar-refractivity contribution in [1.29, 1.82) is 0 Å². The molecule has 2 aromatic rings. The summed E-state index contributed by atoms with van der Waals surface area (Å²) in [7, 11) is 3.10. The maximum atomic E-state index is 11.2. The van der Waals surface area contributed by atoms with Crippen molar-refractivity contribution in [3.05, 3.63) is 47.2 Å². The van der Waals surface area contributed by atoms with Crippen LogP contribution in [0.15, 0.2) is 35.2 Å². The van der Waals surface area contributed by atoms with Crippen molar-refractivity contribution in [3.8, 4) is 11.6 Å². The van der Waals surface area contributed by atoms with Crippen molar-refractivity contribution in [2.45, 2.75) is 18.0 Å². The summed E-state index contributed by atoms with van der Waals surface area (Å²) in [6.45, 7) is 2.35. The molecule has 132 valence electrons. The Labute approximate surface area is 150 Å². The van der Waals surface area contributed by atoms with Gasteiger partial charge in [-0.15, -0.1) is 11.8 Å². The number of thioether (sulfide) groups is 1. The molecule has 0 saturated carbocycles. The Hall–Kier alpha value is -2.25. The zero-order valence-electron chi connectivity index (χ0n) is 14.2. The lowest BCUT2D eigenvalue weighted by Gasteiger charge is -2.20. The number of ether oxygens (including phenoxy) is 2. The third kappa shape index (κ3) is 4.05. The molecular formula is C18H20N2O4S. The number of nitrogens with zero attached hydrogens (tertiary/aromatic N) is 2. The minimum absolute atomic E-state index is 0.175. The maximum Gasteiger partial charge on any atom is 0.339 e. The first-order valence-corrected chi connectivity index (χ1v) is 8.88. The Morgan fingerprint density at radius 1 is 1.28 bits per heavy atom. The number of carboxylic acid groups (broad SMARTS) is 1. The Morgan fingerprint density at radius 2 is 2.12 bits per heavy atom. The monoisotopic (exact) mass is 360 g/mol. The fourth-order valence-corrected chi connectivity index (χ4v) is 3.82. The predicted molar refractivity (Wildman–Crippen MR) is 95.6 cm³/mol. The SMILES string of the molecule is COc1ccc2c(n1)CN(Cc1ccc(C(=O)O)c(OC)c1)CCS2. The van der Waals surface area contributed by atoms with Crippen LogP contribution in [-0.4, -0.2) is 47.5 Å². The summed E-state index contributed by atoms with van der Waals surface area (Å²) in [5, 5.41) is 9.19. The van der Waals surface area contributed by atoms with E-state index in [0.717, 1.165) is 30.1 Å². The number of carbonyl (C=O) groups is 1. The van der Waals surface area contributed by atoms with E-state index >= 15 is 0 Å². The van der Waals surface area contributed by atoms with Crippen LogP contribution in [0.25, 0.3) is 0 Å². The lowest BCUT2D eigenvalue weighted by molar-refractivity contribution is 0.0693. The fourth-order valence-electron chi connectivity index (χ4n) is 2.81. The topological polar surface area (TPSA) is 71.9 Å². The van der Waals surface area contributed by atoms with E-state index in [1.165, 1.54) is 12.0 Å². The van der Waals surface area contributed by atoms with Crippen LogP contribution in [0.5, 0.6) is 11.6 Å². The summed E-state index contributed by atoms with van der Waals surface area (Å²) in [5.74, 6) is 0.994. The zero-order valence-corrected chi connectivity index (χ0v) is 15.0. The number of carboxylic acids is 1. The van der Waals surface area contributed by atoms with Gasteiger partial charge in [-0.3, -0.25) is 4.90 Å². The molecule has 1 aliphatic heterocycles. The number of pyridine rings is 1. The quantitative estimate of drug-likeness (QED) is 0.879. The molecule has 7 heteroatoms. The number of hydrogen-bond acceptors (Lipinski definition) is 6. The van der Waals surface area contributed by atoms with Crippen molar-refractivity contribution in [1.82, 2.24) is 9.88 Å². The number of fused-ring (bicyclic) bond motifs is 1. The molecular weight excluding hydrogens is 340 g/mol. The van der Waals surface area contributed by atoms with Gasteiger partial charge in [0.05, 0.1) is 19.9 Å². The number of hydrogen-bond donors (Lipinski definition) is 1. The number of aromatic carboxylic acids is 1. The van der Waals surface area contributed by atoms with Crippen LogP contribution in [0.1, 0.15) is 21.6 Å². The smallest absolute Gasteiger partial charge is 0.339 e. The van der Waals surface area contributed by atoms with E-state index in [0.29, 0.717) is 18.2 Å². The second-order valence-corrected chi connectivity index (χ2v) is 6.83. The van der Waals surface area contributed by atoms with Crippen molar-refractivity contribution in [2.24, 2.45) is 0 Å². The van der Waals surface area contributed by atoms with Crippen LogP contribution >= 0.6 is 11.8 Å². The minimum atomic E-state index is -0.986. The highest BCUT2D eigenvalue weighted by Crippen LogP contribution is 2.29. The van der Waals surface area contributed by atoms with Crippen LogP contribution in [-0.2, 0) is 13.1 Å². The van der Waals surface area contributed by atoms with E-state index in [2.05, 4.69) is 16.0 Å². The normalized spacial score (nSPS) is 14.5. The average molecular weight is 360 g/mol. The minimum Gasteiger partial charge on any atom is -0.496 e. The van der Waals surface area contributed by atoms with Gasteiger partial charge in [0, 0.05) is 36.3 Å². The Bertz CT molecular complexity index is 782. The summed E-state index contributed by atoms with van der Waals surface area (Å²) in [6, 6.07) is 9.17. The lowest BCUT2D eigenvalue weighted by atomic mass is 10.1. The molecule has 1 aliphatic rings. The molecule has 0 fully saturated rings. The van der Waals surface area contributed by atoms with E-state index in [9.17, 15) is 9.90 Å². The third-order valence-corrected chi connectivity index (χ3v) is 5.13. The summed E-state index contributed by atoms with van der Waals surface area (Å²) >= 11 is 1.79. The molecule has 0 atom stereocenters. The van der Waals surface area contributed by atoms with E-state index in [-0.39, 0.29) is 5.56 Å². The average Bonchev–Trinajstić information content (AvgIpc) is 2.82. The molecule has 3 rings (SSSR count). The van der Waals surface area contributed by atoms with Crippen LogP contribution < -0.4 is 9.47 Å². The number of aromatic nitrogens is 1. The second kappa shape index (κ2) is 7.76. The van der Waals surface area contributed by atoms with E-state index in [1.54, 1.807) is 31.0 Å². The van der Waals surface area contributed by atoms with Gasteiger partial charge in [0.25, 0.3) is 0 Å². The molecule has 0 spiro atoms. The molecule has 0 bridgehead atoms. The van der Waals surface area contributed by atoms with Crippen molar-refractivity contribution < 1.29 is 19.4 Å². The van der Waals surface area contributed by atoms with Crippen molar-refractivity contribution >= 4 is 17.7 Å². The Morgan fingerprint density at radius 3 is 2.84 bits per heavy atom. The number of benzene rings is 1. The van der Waals surface area contributed by atoms with Crippen LogP contribution in [0.2, 0.25) is 0 Å². The lowest BCUT2D eigenvalue weighted by Crippen LogP contribution is -2.24. The number of methoxy groups -OCH3 is 2. The molecule has 2 heterocycles. The van der Waals surface area contributed by atoms with E-state index in [4.69, 9.17) is 9.47 Å². The van der Waals surface area contributed by atoms with Crippen LogP contribution in [0.4, 0.5) is 0 Å². The maximum absolute atomic E-state index is 11.2. The molecule has 1 N–H and O–H groups in total. The standard InChI is InChI=1S/C18H20N2O4S/c1-23-15-9-12(3-4-13(15)18(21)22)10-20-7-8-25-16-5-6-17(24-2)19-14(16)11-20/h3-6,9H,7-8,10-11H2,1-2H3,(H,21,22). The number of rotatable bonds is 5. The van der Waals surface area contributed by atoms with Gasteiger partial charge in [-0.1, -0.05) is 6.07 Å². The predicted octanol–water partition coefficient (Wildman–Crippen LogP) is 2.90. The van der Waals surface area contributed by atoms with Crippen LogP contribution in [0, 0.1) is 0 Å². The van der Waals surface area contributed by atoms with Gasteiger partial charge >= 0.3 is 5.97 Å². The summed E-state index contributed by atoms with van der Waals surface area (Å²) in [4.78, 5) is 19.3. The zero-order chi connectivity index (χ0) is 17.8.